The molecule has 0 spiro atoms. The lowest BCUT2D eigenvalue weighted by atomic mass is 10.2. The number of esters is 1. The third kappa shape index (κ3) is 5.14. The number of hydrogen-bond donors (Lipinski definition) is 2. The fourth-order valence-corrected chi connectivity index (χ4v) is 3.47. The van der Waals surface area contributed by atoms with Crippen molar-refractivity contribution in [3.63, 3.8) is 0 Å². The number of aryl methyl sites for hydroxylation is 1. The Hall–Kier alpha value is -3.26. The van der Waals surface area contributed by atoms with Gasteiger partial charge in [0.25, 0.3) is 5.91 Å². The number of nitrogens with zero attached hydrogens (tertiary/aromatic N) is 1. The zero-order valence-electron chi connectivity index (χ0n) is 15.2. The van der Waals surface area contributed by atoms with Crippen LogP contribution in [0.25, 0.3) is 10.2 Å². The number of nitrogens with one attached hydrogen (secondary N) is 2. The van der Waals surface area contributed by atoms with Crippen LogP contribution in [-0.4, -0.2) is 36.4 Å². The van der Waals surface area contributed by atoms with E-state index >= 15 is 0 Å². The van der Waals surface area contributed by atoms with E-state index in [1.54, 1.807) is 35.6 Å². The van der Waals surface area contributed by atoms with Gasteiger partial charge in [0.1, 0.15) is 6.54 Å². The topological polar surface area (TPSA) is 97.4 Å². The lowest BCUT2D eigenvalue weighted by molar-refractivity contribution is -0.139. The Labute approximate surface area is 165 Å². The normalized spacial score (nSPS) is 10.5. The van der Waals surface area contributed by atoms with Gasteiger partial charge in [-0.15, -0.1) is 11.3 Å². The van der Waals surface area contributed by atoms with Crippen LogP contribution in [0.1, 0.15) is 21.8 Å². The summed E-state index contributed by atoms with van der Waals surface area (Å²) in [5.74, 6) is -1.04. The molecule has 2 amide bonds. The van der Waals surface area contributed by atoms with E-state index in [0.717, 1.165) is 15.2 Å². The van der Waals surface area contributed by atoms with Gasteiger partial charge in [-0.3, -0.25) is 14.4 Å². The summed E-state index contributed by atoms with van der Waals surface area (Å²) in [6.45, 7) is -0.195. The van der Waals surface area contributed by atoms with Crippen LogP contribution < -0.4 is 10.6 Å². The highest BCUT2D eigenvalue weighted by atomic mass is 32.1. The fourth-order valence-electron chi connectivity index (χ4n) is 2.50. The van der Waals surface area contributed by atoms with E-state index in [9.17, 15) is 14.4 Å². The lowest BCUT2D eigenvalue weighted by Gasteiger charge is -2.07. The van der Waals surface area contributed by atoms with E-state index in [0.29, 0.717) is 24.1 Å². The molecular weight excluding hydrogens is 378 g/mol. The SMILES string of the molecule is COC(=O)CNC(=O)c1ccc(NC(=O)CCc2nc3ccccc3s2)cc1. The van der Waals surface area contributed by atoms with Gasteiger partial charge < -0.3 is 15.4 Å². The molecule has 0 radical (unpaired) electrons. The molecule has 0 fully saturated rings. The number of anilines is 1. The summed E-state index contributed by atoms with van der Waals surface area (Å²) in [5.41, 5.74) is 1.93. The van der Waals surface area contributed by atoms with Crippen molar-refractivity contribution in [3.05, 3.63) is 59.1 Å². The molecule has 28 heavy (non-hydrogen) atoms. The zero-order chi connectivity index (χ0) is 19.9. The first-order valence-corrected chi connectivity index (χ1v) is 9.46. The van der Waals surface area contributed by atoms with Crippen LogP contribution in [0.5, 0.6) is 0 Å². The number of hydrogen-bond acceptors (Lipinski definition) is 6. The van der Waals surface area contributed by atoms with Crippen molar-refractivity contribution >= 4 is 45.0 Å². The number of aromatic nitrogens is 1. The minimum Gasteiger partial charge on any atom is -0.468 e. The minimum atomic E-state index is -0.523. The molecule has 0 bridgehead atoms. The van der Waals surface area contributed by atoms with E-state index < -0.39 is 5.97 Å². The number of carbonyl (C=O) groups excluding carboxylic acids is 3. The molecule has 3 rings (SSSR count). The van der Waals surface area contributed by atoms with E-state index in [1.807, 2.05) is 24.3 Å². The third-order valence-corrected chi connectivity index (χ3v) is 5.05. The first-order valence-electron chi connectivity index (χ1n) is 8.64. The maximum Gasteiger partial charge on any atom is 0.325 e. The quantitative estimate of drug-likeness (QED) is 0.598. The summed E-state index contributed by atoms with van der Waals surface area (Å²) >= 11 is 1.59. The zero-order valence-corrected chi connectivity index (χ0v) is 16.0. The van der Waals surface area contributed by atoms with Crippen molar-refractivity contribution in [1.82, 2.24) is 10.3 Å². The minimum absolute atomic E-state index is 0.123. The number of thiazole rings is 1. The van der Waals surface area contributed by atoms with Crippen LogP contribution in [-0.2, 0) is 20.7 Å². The second-order valence-electron chi connectivity index (χ2n) is 5.96. The molecule has 2 N–H and O–H groups in total. The van der Waals surface area contributed by atoms with Crippen molar-refractivity contribution < 1.29 is 19.1 Å². The van der Waals surface area contributed by atoms with Crippen LogP contribution >= 0.6 is 11.3 Å². The monoisotopic (exact) mass is 397 g/mol. The molecule has 0 aliphatic carbocycles. The second kappa shape index (κ2) is 9.09. The average molecular weight is 397 g/mol. The largest absolute Gasteiger partial charge is 0.468 e. The Kier molecular flexibility index (Phi) is 6.33. The van der Waals surface area contributed by atoms with E-state index in [1.165, 1.54) is 7.11 Å². The Bertz CT molecular complexity index is 965. The highest BCUT2D eigenvalue weighted by Crippen LogP contribution is 2.22. The Morgan fingerprint density at radius 2 is 1.82 bits per heavy atom. The summed E-state index contributed by atoms with van der Waals surface area (Å²) < 4.78 is 5.58. The van der Waals surface area contributed by atoms with Gasteiger partial charge in [-0.2, -0.15) is 0 Å². The van der Waals surface area contributed by atoms with E-state index in [-0.39, 0.29) is 18.4 Å². The summed E-state index contributed by atoms with van der Waals surface area (Å²) in [5, 5.41) is 6.18. The van der Waals surface area contributed by atoms with Crippen molar-refractivity contribution in [1.29, 1.82) is 0 Å². The molecule has 8 heteroatoms. The number of methoxy groups -OCH3 is 1. The van der Waals surface area contributed by atoms with Gasteiger partial charge in [0.15, 0.2) is 0 Å². The fraction of sp³-hybridized carbons (Fsp3) is 0.200. The maximum atomic E-state index is 12.2. The number of carbonyl (C=O) groups is 3. The lowest BCUT2D eigenvalue weighted by Crippen LogP contribution is -2.30. The molecule has 0 unspecified atom stereocenters. The number of fused-ring (bicyclic) bond motifs is 1. The predicted octanol–water partition coefficient (Wildman–Crippen LogP) is 2.77. The molecule has 0 atom stereocenters. The van der Waals surface area contributed by atoms with Crippen LogP contribution in [0.4, 0.5) is 5.69 Å². The Balaban J connectivity index is 1.49. The number of benzene rings is 2. The van der Waals surface area contributed by atoms with Crippen LogP contribution in [0.3, 0.4) is 0 Å². The van der Waals surface area contributed by atoms with Gasteiger partial charge in [-0.25, -0.2) is 4.98 Å². The molecule has 3 aromatic rings. The van der Waals surface area contributed by atoms with E-state index in [4.69, 9.17) is 0 Å². The number of ether oxygens (including phenoxy) is 1. The molecule has 0 saturated heterocycles. The van der Waals surface area contributed by atoms with Gasteiger partial charge in [-0.05, 0) is 36.4 Å². The number of para-hydroxylation sites is 1. The molecule has 2 aromatic carbocycles. The van der Waals surface area contributed by atoms with Crippen molar-refractivity contribution in [2.45, 2.75) is 12.8 Å². The molecule has 1 aromatic heterocycles. The summed E-state index contributed by atoms with van der Waals surface area (Å²) in [7, 11) is 1.25. The third-order valence-electron chi connectivity index (χ3n) is 3.96. The average Bonchev–Trinajstić information content (AvgIpc) is 3.14. The van der Waals surface area contributed by atoms with Gasteiger partial charge in [-0.1, -0.05) is 12.1 Å². The Morgan fingerprint density at radius 1 is 1.07 bits per heavy atom. The molecule has 0 aliphatic heterocycles. The molecular formula is C20H19N3O4S. The van der Waals surface area contributed by atoms with Crippen LogP contribution in [0.2, 0.25) is 0 Å². The molecule has 0 saturated carbocycles. The first-order chi connectivity index (χ1) is 13.5. The smallest absolute Gasteiger partial charge is 0.325 e. The standard InChI is InChI=1S/C20H19N3O4S/c1-27-19(25)12-21-20(26)13-6-8-14(9-7-13)22-17(24)10-11-18-23-15-4-2-3-5-16(15)28-18/h2-9H,10-12H2,1H3,(H,21,26)(H,22,24). The maximum absolute atomic E-state index is 12.2. The van der Waals surface area contributed by atoms with Crippen molar-refractivity contribution in [2.75, 3.05) is 19.0 Å². The van der Waals surface area contributed by atoms with Gasteiger partial charge in [0.2, 0.25) is 5.91 Å². The van der Waals surface area contributed by atoms with Crippen LogP contribution in [0, 0.1) is 0 Å². The van der Waals surface area contributed by atoms with Crippen LogP contribution in [0.15, 0.2) is 48.5 Å². The molecule has 7 nitrogen and oxygen atoms in total. The highest BCUT2D eigenvalue weighted by molar-refractivity contribution is 7.18. The predicted molar refractivity (Wildman–Crippen MR) is 107 cm³/mol. The van der Waals surface area contributed by atoms with Gasteiger partial charge in [0.05, 0.1) is 22.3 Å². The summed E-state index contributed by atoms with van der Waals surface area (Å²) in [4.78, 5) is 39.7. The van der Waals surface area contributed by atoms with Crippen molar-refractivity contribution in [3.8, 4) is 0 Å². The molecule has 0 aliphatic rings. The molecule has 144 valence electrons. The van der Waals surface area contributed by atoms with Gasteiger partial charge in [0, 0.05) is 24.1 Å². The highest BCUT2D eigenvalue weighted by Gasteiger charge is 2.10. The number of amides is 2. The second-order valence-corrected chi connectivity index (χ2v) is 7.07. The summed E-state index contributed by atoms with van der Waals surface area (Å²) in [6, 6.07) is 14.3. The van der Waals surface area contributed by atoms with Gasteiger partial charge >= 0.3 is 5.97 Å². The number of rotatable bonds is 7. The summed E-state index contributed by atoms with van der Waals surface area (Å²) in [6.07, 6.45) is 0.889. The molecule has 1 heterocycles. The van der Waals surface area contributed by atoms with Crippen molar-refractivity contribution in [2.24, 2.45) is 0 Å². The Morgan fingerprint density at radius 3 is 2.54 bits per heavy atom. The van der Waals surface area contributed by atoms with E-state index in [2.05, 4.69) is 20.4 Å². The first kappa shape index (κ1) is 19.5.